The number of nitrogens with zero attached hydrogens (tertiary/aromatic N) is 2. The standard InChI is InChI=1S/C15H22N2O3/c1-16(2)13-7-8-17(11-13)9-10-20-14-5-3-12(4-6-14)15(18)19/h3-6,13H,7-11H2,1-2H3,(H,18,19). The Bertz CT molecular complexity index is 445. The van der Waals surface area contributed by atoms with E-state index in [-0.39, 0.29) is 5.56 Å². The molecule has 1 N–H and O–H groups in total. The van der Waals surface area contributed by atoms with E-state index in [1.165, 1.54) is 6.42 Å². The van der Waals surface area contributed by atoms with Gasteiger partial charge in [0.25, 0.3) is 0 Å². The molecule has 2 rings (SSSR count). The number of carbonyl (C=O) groups is 1. The fraction of sp³-hybridized carbons (Fsp3) is 0.533. The molecule has 5 heteroatoms. The van der Waals surface area contributed by atoms with Gasteiger partial charge in [-0.2, -0.15) is 0 Å². The molecular formula is C15H22N2O3. The third kappa shape index (κ3) is 3.95. The van der Waals surface area contributed by atoms with Gasteiger partial charge < -0.3 is 14.7 Å². The molecule has 0 aromatic heterocycles. The van der Waals surface area contributed by atoms with Crippen LogP contribution in [0.4, 0.5) is 0 Å². The van der Waals surface area contributed by atoms with Gasteiger partial charge >= 0.3 is 5.97 Å². The number of aromatic carboxylic acids is 1. The summed E-state index contributed by atoms with van der Waals surface area (Å²) in [4.78, 5) is 15.4. The van der Waals surface area contributed by atoms with Crippen molar-refractivity contribution in [2.45, 2.75) is 12.5 Å². The highest BCUT2D eigenvalue weighted by atomic mass is 16.5. The molecule has 1 aliphatic heterocycles. The minimum absolute atomic E-state index is 0.283. The van der Waals surface area contributed by atoms with E-state index >= 15 is 0 Å². The van der Waals surface area contributed by atoms with Crippen LogP contribution in [0.2, 0.25) is 0 Å². The molecule has 5 nitrogen and oxygen atoms in total. The first-order valence-corrected chi connectivity index (χ1v) is 6.91. The van der Waals surface area contributed by atoms with Gasteiger partial charge in [-0.3, -0.25) is 4.90 Å². The molecule has 1 aromatic carbocycles. The Labute approximate surface area is 119 Å². The Hall–Kier alpha value is -1.59. The van der Waals surface area contributed by atoms with Gasteiger partial charge in [-0.25, -0.2) is 4.79 Å². The van der Waals surface area contributed by atoms with Crippen molar-refractivity contribution in [3.63, 3.8) is 0 Å². The second kappa shape index (κ2) is 6.72. The summed E-state index contributed by atoms with van der Waals surface area (Å²) in [7, 11) is 4.24. The number of ether oxygens (including phenoxy) is 1. The van der Waals surface area contributed by atoms with Gasteiger partial charge in [0, 0.05) is 19.1 Å². The second-order valence-corrected chi connectivity index (χ2v) is 5.38. The van der Waals surface area contributed by atoms with Crippen LogP contribution in [0.25, 0.3) is 0 Å². The first-order chi connectivity index (χ1) is 9.56. The number of hydrogen-bond acceptors (Lipinski definition) is 4. The highest BCUT2D eigenvalue weighted by Crippen LogP contribution is 2.14. The van der Waals surface area contributed by atoms with Crippen molar-refractivity contribution in [2.24, 2.45) is 0 Å². The Morgan fingerprint density at radius 1 is 1.40 bits per heavy atom. The zero-order chi connectivity index (χ0) is 14.5. The monoisotopic (exact) mass is 278 g/mol. The maximum atomic E-state index is 10.7. The van der Waals surface area contributed by atoms with Gasteiger partial charge in [0.05, 0.1) is 5.56 Å². The van der Waals surface area contributed by atoms with Crippen molar-refractivity contribution in [3.05, 3.63) is 29.8 Å². The Kier molecular flexibility index (Phi) is 4.98. The zero-order valence-corrected chi connectivity index (χ0v) is 12.1. The van der Waals surface area contributed by atoms with Gasteiger partial charge in [-0.1, -0.05) is 0 Å². The Balaban J connectivity index is 1.72. The molecule has 1 atom stereocenters. The molecule has 0 bridgehead atoms. The lowest BCUT2D eigenvalue weighted by Crippen LogP contribution is -2.33. The minimum Gasteiger partial charge on any atom is -0.492 e. The summed E-state index contributed by atoms with van der Waals surface area (Å²) < 4.78 is 5.65. The molecule has 1 heterocycles. The number of carboxylic acid groups (broad SMARTS) is 1. The number of carboxylic acids is 1. The average Bonchev–Trinajstić information content (AvgIpc) is 2.88. The fourth-order valence-electron chi connectivity index (χ4n) is 2.42. The minimum atomic E-state index is -0.914. The van der Waals surface area contributed by atoms with E-state index in [0.717, 1.165) is 25.4 Å². The highest BCUT2D eigenvalue weighted by Gasteiger charge is 2.23. The lowest BCUT2D eigenvalue weighted by atomic mass is 10.2. The van der Waals surface area contributed by atoms with Crippen LogP contribution in [0.1, 0.15) is 16.8 Å². The van der Waals surface area contributed by atoms with Crippen molar-refractivity contribution >= 4 is 5.97 Å². The number of hydrogen-bond donors (Lipinski definition) is 1. The molecule has 0 saturated carbocycles. The molecule has 1 aromatic rings. The molecule has 0 spiro atoms. The van der Waals surface area contributed by atoms with Crippen LogP contribution >= 0.6 is 0 Å². The summed E-state index contributed by atoms with van der Waals surface area (Å²) in [5, 5.41) is 8.81. The predicted octanol–water partition coefficient (Wildman–Crippen LogP) is 1.40. The molecule has 110 valence electrons. The highest BCUT2D eigenvalue weighted by molar-refractivity contribution is 5.87. The summed E-state index contributed by atoms with van der Waals surface area (Å²) in [6, 6.07) is 7.18. The average molecular weight is 278 g/mol. The quantitative estimate of drug-likeness (QED) is 0.852. The van der Waals surface area contributed by atoms with Crippen molar-refractivity contribution in [1.29, 1.82) is 0 Å². The molecule has 0 aliphatic carbocycles. The number of likely N-dealkylation sites (tertiary alicyclic amines) is 1. The van der Waals surface area contributed by atoms with Gasteiger partial charge in [0.1, 0.15) is 12.4 Å². The molecule has 0 amide bonds. The van der Waals surface area contributed by atoms with Gasteiger partial charge in [0.15, 0.2) is 0 Å². The summed E-state index contributed by atoms with van der Waals surface area (Å²) in [6.07, 6.45) is 1.21. The Morgan fingerprint density at radius 2 is 2.10 bits per heavy atom. The van der Waals surface area contributed by atoms with Crippen LogP contribution in [-0.4, -0.2) is 67.3 Å². The van der Waals surface area contributed by atoms with Crippen LogP contribution < -0.4 is 4.74 Å². The molecule has 1 unspecified atom stereocenters. The van der Waals surface area contributed by atoms with E-state index < -0.39 is 5.97 Å². The van der Waals surface area contributed by atoms with Crippen LogP contribution in [0.3, 0.4) is 0 Å². The van der Waals surface area contributed by atoms with Crippen molar-refractivity contribution in [1.82, 2.24) is 9.80 Å². The SMILES string of the molecule is CN(C)C1CCN(CCOc2ccc(C(=O)O)cc2)C1. The third-order valence-electron chi connectivity index (χ3n) is 3.76. The summed E-state index contributed by atoms with van der Waals surface area (Å²) in [6.45, 7) is 3.75. The van der Waals surface area contributed by atoms with Crippen molar-refractivity contribution in [2.75, 3.05) is 40.3 Å². The summed E-state index contributed by atoms with van der Waals surface area (Å²) in [5.41, 5.74) is 0.283. The van der Waals surface area contributed by atoms with Crippen molar-refractivity contribution in [3.8, 4) is 5.75 Å². The zero-order valence-electron chi connectivity index (χ0n) is 12.1. The van der Waals surface area contributed by atoms with Crippen molar-refractivity contribution < 1.29 is 14.6 Å². The molecule has 1 saturated heterocycles. The third-order valence-corrected chi connectivity index (χ3v) is 3.76. The van der Waals surface area contributed by atoms with Crippen LogP contribution in [0.15, 0.2) is 24.3 Å². The number of likely N-dealkylation sites (N-methyl/N-ethyl adjacent to an activating group) is 1. The fourth-order valence-corrected chi connectivity index (χ4v) is 2.42. The van der Waals surface area contributed by atoms with E-state index in [4.69, 9.17) is 9.84 Å². The van der Waals surface area contributed by atoms with Gasteiger partial charge in [0.2, 0.25) is 0 Å². The summed E-state index contributed by atoms with van der Waals surface area (Å²) in [5.74, 6) is -0.193. The number of rotatable bonds is 6. The summed E-state index contributed by atoms with van der Waals surface area (Å²) >= 11 is 0. The molecule has 1 aliphatic rings. The lowest BCUT2D eigenvalue weighted by Gasteiger charge is -2.20. The second-order valence-electron chi connectivity index (χ2n) is 5.38. The molecular weight excluding hydrogens is 256 g/mol. The van der Waals surface area contributed by atoms with E-state index in [1.807, 2.05) is 0 Å². The molecule has 20 heavy (non-hydrogen) atoms. The van der Waals surface area contributed by atoms with E-state index in [2.05, 4.69) is 23.9 Å². The van der Waals surface area contributed by atoms with Crippen LogP contribution in [0.5, 0.6) is 5.75 Å². The lowest BCUT2D eigenvalue weighted by molar-refractivity contribution is 0.0697. The number of benzene rings is 1. The first-order valence-electron chi connectivity index (χ1n) is 6.91. The molecule has 0 radical (unpaired) electrons. The van der Waals surface area contributed by atoms with E-state index in [9.17, 15) is 4.79 Å². The van der Waals surface area contributed by atoms with E-state index in [1.54, 1.807) is 24.3 Å². The Morgan fingerprint density at radius 3 is 2.65 bits per heavy atom. The smallest absolute Gasteiger partial charge is 0.335 e. The van der Waals surface area contributed by atoms with Crippen LogP contribution in [-0.2, 0) is 0 Å². The largest absolute Gasteiger partial charge is 0.492 e. The maximum absolute atomic E-state index is 10.7. The molecule has 1 fully saturated rings. The van der Waals surface area contributed by atoms with Gasteiger partial charge in [-0.05, 0) is 51.3 Å². The van der Waals surface area contributed by atoms with Crippen LogP contribution in [0, 0.1) is 0 Å². The first kappa shape index (κ1) is 14.8. The predicted molar refractivity (Wildman–Crippen MR) is 77.4 cm³/mol. The topological polar surface area (TPSA) is 53.0 Å². The van der Waals surface area contributed by atoms with Gasteiger partial charge in [-0.15, -0.1) is 0 Å². The normalized spacial score (nSPS) is 19.4. The van der Waals surface area contributed by atoms with E-state index in [0.29, 0.717) is 12.6 Å². The maximum Gasteiger partial charge on any atom is 0.335 e.